The predicted molar refractivity (Wildman–Crippen MR) is 121 cm³/mol. The number of aromatic amines is 1. The largest absolute Gasteiger partial charge is 0.361 e. The molecule has 3 N–H and O–H groups in total. The fourth-order valence-electron chi connectivity index (χ4n) is 3.75. The Balaban J connectivity index is 1.36. The first-order chi connectivity index (χ1) is 14.5. The fraction of sp³-hybridized carbons (Fsp3) is 0.208. The molecule has 0 aliphatic heterocycles. The molecule has 0 radical (unpaired) electrons. The van der Waals surface area contributed by atoms with Crippen LogP contribution in [0.25, 0.3) is 10.9 Å². The van der Waals surface area contributed by atoms with Gasteiger partial charge in [-0.2, -0.15) is 0 Å². The number of aromatic nitrogens is 3. The van der Waals surface area contributed by atoms with Gasteiger partial charge in [0.15, 0.2) is 0 Å². The van der Waals surface area contributed by atoms with Crippen molar-refractivity contribution in [2.24, 2.45) is 0 Å². The lowest BCUT2D eigenvalue weighted by molar-refractivity contribution is 0.102. The molecule has 0 atom stereocenters. The van der Waals surface area contributed by atoms with E-state index >= 15 is 0 Å². The van der Waals surface area contributed by atoms with Crippen LogP contribution in [0.3, 0.4) is 0 Å². The van der Waals surface area contributed by atoms with Gasteiger partial charge in [-0.3, -0.25) is 4.79 Å². The van der Waals surface area contributed by atoms with Gasteiger partial charge in [-0.05, 0) is 49.9 Å². The number of nitrogens with one attached hydrogen (secondary N) is 3. The molecule has 0 fully saturated rings. The number of para-hydroxylation sites is 1. The maximum atomic E-state index is 12.6. The second kappa shape index (κ2) is 8.37. The summed E-state index contributed by atoms with van der Waals surface area (Å²) < 4.78 is 0. The average molecular weight is 399 g/mol. The van der Waals surface area contributed by atoms with Gasteiger partial charge >= 0.3 is 0 Å². The van der Waals surface area contributed by atoms with Crippen LogP contribution in [0.1, 0.15) is 32.6 Å². The average Bonchev–Trinajstić information content (AvgIpc) is 3.14. The van der Waals surface area contributed by atoms with Gasteiger partial charge in [0.05, 0.1) is 5.56 Å². The van der Waals surface area contributed by atoms with Crippen LogP contribution in [0.5, 0.6) is 0 Å². The van der Waals surface area contributed by atoms with E-state index in [0.29, 0.717) is 18.1 Å². The number of H-pyrrole nitrogens is 1. The zero-order chi connectivity index (χ0) is 21.1. The molecule has 1 amide bonds. The van der Waals surface area contributed by atoms with Crippen molar-refractivity contribution in [3.63, 3.8) is 0 Å². The molecule has 0 aliphatic carbocycles. The molecular formula is C24H25N5O. The molecule has 30 heavy (non-hydrogen) atoms. The smallest absolute Gasteiger partial charge is 0.258 e. The topological polar surface area (TPSA) is 82.7 Å². The monoisotopic (exact) mass is 399 g/mol. The van der Waals surface area contributed by atoms with E-state index in [9.17, 15) is 4.79 Å². The van der Waals surface area contributed by atoms with Gasteiger partial charge in [-0.15, -0.1) is 0 Å². The minimum Gasteiger partial charge on any atom is -0.361 e. The SMILES string of the molecule is Cc1cc(C)c(NC(=O)c2cnc(NCCc3c[nH]c4ccccc34)nc2)c(C)c1. The number of aryl methyl sites for hydroxylation is 3. The predicted octanol–water partition coefficient (Wildman–Crippen LogP) is 4.79. The van der Waals surface area contributed by atoms with E-state index in [-0.39, 0.29) is 5.91 Å². The van der Waals surface area contributed by atoms with Gasteiger partial charge in [0.2, 0.25) is 5.95 Å². The summed E-state index contributed by atoms with van der Waals surface area (Å²) in [4.78, 5) is 24.5. The van der Waals surface area contributed by atoms with Crippen molar-refractivity contribution in [3.8, 4) is 0 Å². The number of anilines is 2. The quantitative estimate of drug-likeness (QED) is 0.435. The van der Waals surface area contributed by atoms with Crippen molar-refractivity contribution < 1.29 is 4.79 Å². The molecular weight excluding hydrogens is 374 g/mol. The van der Waals surface area contributed by atoms with Gasteiger partial charge in [0, 0.05) is 41.7 Å². The summed E-state index contributed by atoms with van der Waals surface area (Å²) in [5.41, 5.74) is 6.91. The highest BCUT2D eigenvalue weighted by molar-refractivity contribution is 6.04. The third-order valence-electron chi connectivity index (χ3n) is 5.18. The minimum absolute atomic E-state index is 0.213. The molecule has 2 aromatic heterocycles. The zero-order valence-corrected chi connectivity index (χ0v) is 17.4. The molecule has 6 heteroatoms. The van der Waals surface area contributed by atoms with E-state index in [2.05, 4.69) is 49.9 Å². The van der Waals surface area contributed by atoms with E-state index in [1.807, 2.05) is 39.1 Å². The molecule has 2 aromatic carbocycles. The lowest BCUT2D eigenvalue weighted by atomic mass is 10.0. The highest BCUT2D eigenvalue weighted by atomic mass is 16.1. The number of hydrogen-bond acceptors (Lipinski definition) is 4. The van der Waals surface area contributed by atoms with Crippen molar-refractivity contribution in [2.45, 2.75) is 27.2 Å². The number of nitrogens with zero attached hydrogens (tertiary/aromatic N) is 2. The number of carbonyl (C=O) groups is 1. The lowest BCUT2D eigenvalue weighted by Crippen LogP contribution is -2.15. The van der Waals surface area contributed by atoms with Gasteiger partial charge in [-0.25, -0.2) is 9.97 Å². The molecule has 0 bridgehead atoms. The highest BCUT2D eigenvalue weighted by Gasteiger charge is 2.11. The molecule has 152 valence electrons. The zero-order valence-electron chi connectivity index (χ0n) is 17.4. The third kappa shape index (κ3) is 4.17. The van der Waals surface area contributed by atoms with Crippen molar-refractivity contribution in [2.75, 3.05) is 17.2 Å². The van der Waals surface area contributed by atoms with E-state index in [0.717, 1.165) is 28.8 Å². The maximum Gasteiger partial charge on any atom is 0.258 e. The van der Waals surface area contributed by atoms with Crippen molar-refractivity contribution >= 4 is 28.4 Å². The van der Waals surface area contributed by atoms with Gasteiger partial charge in [0.25, 0.3) is 5.91 Å². The first-order valence-electron chi connectivity index (χ1n) is 10.0. The first-order valence-corrected chi connectivity index (χ1v) is 10.0. The van der Waals surface area contributed by atoms with Crippen LogP contribution < -0.4 is 10.6 Å². The molecule has 6 nitrogen and oxygen atoms in total. The Morgan fingerprint density at radius 3 is 2.47 bits per heavy atom. The Morgan fingerprint density at radius 2 is 1.73 bits per heavy atom. The summed E-state index contributed by atoms with van der Waals surface area (Å²) in [5, 5.41) is 7.43. The van der Waals surface area contributed by atoms with Crippen LogP contribution in [-0.4, -0.2) is 27.4 Å². The lowest BCUT2D eigenvalue weighted by Gasteiger charge is -2.13. The Labute approximate surface area is 175 Å². The fourth-order valence-corrected chi connectivity index (χ4v) is 3.75. The Bertz CT molecular complexity index is 1170. The standard InChI is InChI=1S/C24H25N5O/c1-15-10-16(2)22(17(3)11-15)29-23(30)19-13-27-24(28-14-19)25-9-8-18-12-26-21-7-5-4-6-20(18)21/h4-7,10-14,26H,8-9H2,1-3H3,(H,29,30)(H,25,27,28). The highest BCUT2D eigenvalue weighted by Crippen LogP contribution is 2.22. The van der Waals surface area contributed by atoms with Crippen molar-refractivity contribution in [1.82, 2.24) is 15.0 Å². The molecule has 0 unspecified atom stereocenters. The minimum atomic E-state index is -0.213. The second-order valence-electron chi connectivity index (χ2n) is 7.56. The summed E-state index contributed by atoms with van der Waals surface area (Å²) in [6.45, 7) is 6.73. The van der Waals surface area contributed by atoms with Crippen LogP contribution in [-0.2, 0) is 6.42 Å². The summed E-state index contributed by atoms with van der Waals surface area (Å²) in [6, 6.07) is 12.4. The van der Waals surface area contributed by atoms with Crippen LogP contribution in [0, 0.1) is 20.8 Å². The second-order valence-corrected chi connectivity index (χ2v) is 7.56. The van der Waals surface area contributed by atoms with E-state index in [1.165, 1.54) is 16.5 Å². The van der Waals surface area contributed by atoms with Gasteiger partial charge in [-0.1, -0.05) is 35.9 Å². The number of rotatable bonds is 6. The molecule has 0 aliphatic rings. The summed E-state index contributed by atoms with van der Waals surface area (Å²) in [7, 11) is 0. The normalized spacial score (nSPS) is 10.9. The Hall–Kier alpha value is -3.67. The summed E-state index contributed by atoms with van der Waals surface area (Å²) in [6.07, 6.45) is 5.99. The van der Waals surface area contributed by atoms with Crippen molar-refractivity contribution in [3.05, 3.63) is 82.8 Å². The van der Waals surface area contributed by atoms with Crippen molar-refractivity contribution in [1.29, 1.82) is 0 Å². The number of hydrogen-bond donors (Lipinski definition) is 3. The van der Waals surface area contributed by atoms with Crippen LogP contribution >= 0.6 is 0 Å². The molecule has 4 rings (SSSR count). The summed E-state index contributed by atoms with van der Waals surface area (Å²) in [5.74, 6) is 0.296. The molecule has 0 saturated carbocycles. The van der Waals surface area contributed by atoms with Crippen LogP contribution in [0.2, 0.25) is 0 Å². The Kier molecular flexibility index (Phi) is 5.48. The molecule has 2 heterocycles. The molecule has 4 aromatic rings. The number of amides is 1. The number of benzene rings is 2. The van der Waals surface area contributed by atoms with E-state index < -0.39 is 0 Å². The van der Waals surface area contributed by atoms with Gasteiger partial charge < -0.3 is 15.6 Å². The third-order valence-corrected chi connectivity index (χ3v) is 5.18. The van der Waals surface area contributed by atoms with Crippen LogP contribution in [0.4, 0.5) is 11.6 Å². The molecule has 0 spiro atoms. The summed E-state index contributed by atoms with van der Waals surface area (Å²) >= 11 is 0. The van der Waals surface area contributed by atoms with E-state index in [1.54, 1.807) is 12.4 Å². The van der Waals surface area contributed by atoms with E-state index in [4.69, 9.17) is 0 Å². The maximum absolute atomic E-state index is 12.6. The Morgan fingerprint density at radius 1 is 1.03 bits per heavy atom. The molecule has 0 saturated heterocycles. The number of fused-ring (bicyclic) bond motifs is 1. The number of carbonyl (C=O) groups excluding carboxylic acids is 1. The first kappa shape index (κ1) is 19.6. The van der Waals surface area contributed by atoms with Gasteiger partial charge in [0.1, 0.15) is 0 Å². The van der Waals surface area contributed by atoms with Crippen LogP contribution in [0.15, 0.2) is 55.0 Å².